The molecule has 104 valence electrons. The van der Waals surface area contributed by atoms with E-state index in [4.69, 9.17) is 4.74 Å². The molecule has 0 heterocycles. The summed E-state index contributed by atoms with van der Waals surface area (Å²) in [6.45, 7) is 3.62. The van der Waals surface area contributed by atoms with E-state index in [1.807, 2.05) is 6.92 Å². The van der Waals surface area contributed by atoms with Crippen molar-refractivity contribution in [1.29, 1.82) is 0 Å². The Labute approximate surface area is 111 Å². The molecule has 2 atom stereocenters. The Bertz CT molecular complexity index is 441. The maximum Gasteiger partial charge on any atom is 0.251 e. The van der Waals surface area contributed by atoms with Gasteiger partial charge in [0.15, 0.2) is 0 Å². The van der Waals surface area contributed by atoms with Crippen molar-refractivity contribution < 1.29 is 24.5 Å². The number of carbonyl (C=O) groups excluding carboxylic acids is 2. The average Bonchev–Trinajstić information content (AvgIpc) is 2.36. The highest BCUT2D eigenvalue weighted by atomic mass is 16.5. The molecule has 0 aliphatic heterocycles. The van der Waals surface area contributed by atoms with Crippen molar-refractivity contribution >= 4 is 11.9 Å². The van der Waals surface area contributed by atoms with Crippen LogP contribution in [0.3, 0.4) is 0 Å². The van der Waals surface area contributed by atoms with Crippen LogP contribution in [0.25, 0.3) is 0 Å². The number of carbonyl (C=O) groups is 2. The van der Waals surface area contributed by atoms with Gasteiger partial charge in [-0.2, -0.15) is 0 Å². The van der Waals surface area contributed by atoms with E-state index in [9.17, 15) is 19.8 Å². The molecule has 1 rings (SSSR count). The second-order valence-electron chi connectivity index (χ2n) is 3.97. The standard InChI is InChI=1S/C13H17NO5/c1-3-19-10-6-4-9(5-7-10)12(16)14-11(8(2)15)13(17)18/h4-8,11,15H,3H2,1-2H3,(H,14,16)(H,17,18)/p-1/t8-,11-/m0/s1. The molecule has 0 aromatic heterocycles. The SMILES string of the molecule is CCOc1ccc(C(=O)N[C@H](C(=O)[O-])[C@H](C)O)cc1. The highest BCUT2D eigenvalue weighted by molar-refractivity contribution is 5.96. The van der Waals surface area contributed by atoms with Gasteiger partial charge in [-0.25, -0.2) is 0 Å². The summed E-state index contributed by atoms with van der Waals surface area (Å²) in [5, 5.41) is 22.2. The van der Waals surface area contributed by atoms with E-state index < -0.39 is 24.0 Å². The van der Waals surface area contributed by atoms with E-state index in [-0.39, 0.29) is 5.56 Å². The van der Waals surface area contributed by atoms with E-state index in [2.05, 4.69) is 5.32 Å². The number of rotatable bonds is 6. The molecular formula is C13H16NO5-. The van der Waals surface area contributed by atoms with Crippen LogP contribution >= 0.6 is 0 Å². The van der Waals surface area contributed by atoms with Crippen molar-refractivity contribution in [3.63, 3.8) is 0 Å². The number of aliphatic hydroxyl groups is 1. The van der Waals surface area contributed by atoms with Gasteiger partial charge in [0.05, 0.1) is 24.7 Å². The quantitative estimate of drug-likeness (QED) is 0.710. The van der Waals surface area contributed by atoms with E-state index in [0.29, 0.717) is 12.4 Å². The predicted molar refractivity (Wildman–Crippen MR) is 65.6 cm³/mol. The molecular weight excluding hydrogens is 250 g/mol. The normalized spacial score (nSPS) is 13.4. The molecule has 0 bridgehead atoms. The van der Waals surface area contributed by atoms with E-state index in [1.54, 1.807) is 12.1 Å². The summed E-state index contributed by atoms with van der Waals surface area (Å²) in [5.41, 5.74) is 0.273. The Kier molecular flexibility index (Phi) is 5.32. The van der Waals surface area contributed by atoms with Crippen molar-refractivity contribution in [3.8, 4) is 5.75 Å². The van der Waals surface area contributed by atoms with E-state index in [1.165, 1.54) is 19.1 Å². The topological polar surface area (TPSA) is 98.7 Å². The molecule has 2 N–H and O–H groups in total. The first-order valence-electron chi connectivity index (χ1n) is 5.88. The van der Waals surface area contributed by atoms with E-state index in [0.717, 1.165) is 0 Å². The number of carboxylic acids is 1. The maximum atomic E-state index is 11.8. The van der Waals surface area contributed by atoms with Gasteiger partial charge in [-0.05, 0) is 38.1 Å². The molecule has 0 saturated carbocycles. The van der Waals surface area contributed by atoms with Gasteiger partial charge in [-0.1, -0.05) is 0 Å². The number of ether oxygens (including phenoxy) is 1. The Morgan fingerprint density at radius 2 is 1.95 bits per heavy atom. The van der Waals surface area contributed by atoms with Gasteiger partial charge in [0.1, 0.15) is 5.75 Å². The number of hydrogen-bond donors (Lipinski definition) is 2. The smallest absolute Gasteiger partial charge is 0.251 e. The van der Waals surface area contributed by atoms with Crippen LogP contribution < -0.4 is 15.2 Å². The first-order valence-corrected chi connectivity index (χ1v) is 5.88. The molecule has 0 saturated heterocycles. The monoisotopic (exact) mass is 266 g/mol. The molecule has 0 spiro atoms. The number of aliphatic carboxylic acids is 1. The number of hydrogen-bond acceptors (Lipinski definition) is 5. The largest absolute Gasteiger partial charge is 0.548 e. The average molecular weight is 266 g/mol. The Balaban J connectivity index is 2.74. The minimum Gasteiger partial charge on any atom is -0.548 e. The minimum absolute atomic E-state index is 0.273. The molecule has 1 aromatic carbocycles. The Morgan fingerprint density at radius 1 is 1.37 bits per heavy atom. The summed E-state index contributed by atoms with van der Waals surface area (Å²) in [6.07, 6.45) is -1.24. The zero-order valence-corrected chi connectivity index (χ0v) is 10.8. The third-order valence-corrected chi connectivity index (χ3v) is 2.45. The van der Waals surface area contributed by atoms with Gasteiger partial charge in [0, 0.05) is 5.56 Å². The van der Waals surface area contributed by atoms with Crippen LogP contribution in [0.15, 0.2) is 24.3 Å². The van der Waals surface area contributed by atoms with E-state index >= 15 is 0 Å². The van der Waals surface area contributed by atoms with Crippen molar-refractivity contribution in [2.75, 3.05) is 6.61 Å². The number of benzene rings is 1. The van der Waals surface area contributed by atoms with Gasteiger partial charge in [0.25, 0.3) is 5.91 Å². The lowest BCUT2D eigenvalue weighted by molar-refractivity contribution is -0.310. The van der Waals surface area contributed by atoms with Crippen LogP contribution in [-0.2, 0) is 4.79 Å². The second-order valence-corrected chi connectivity index (χ2v) is 3.97. The van der Waals surface area contributed by atoms with Crippen molar-refractivity contribution in [2.45, 2.75) is 26.0 Å². The van der Waals surface area contributed by atoms with Crippen LogP contribution in [0.4, 0.5) is 0 Å². The molecule has 1 amide bonds. The minimum atomic E-state index is -1.53. The highest BCUT2D eigenvalue weighted by Gasteiger charge is 2.19. The van der Waals surface area contributed by atoms with Gasteiger partial charge >= 0.3 is 0 Å². The van der Waals surface area contributed by atoms with Crippen molar-refractivity contribution in [2.24, 2.45) is 0 Å². The lowest BCUT2D eigenvalue weighted by Gasteiger charge is -2.22. The van der Waals surface area contributed by atoms with Crippen molar-refractivity contribution in [1.82, 2.24) is 5.32 Å². The first kappa shape index (κ1) is 15.0. The van der Waals surface area contributed by atoms with Gasteiger partial charge in [-0.15, -0.1) is 0 Å². The number of nitrogens with one attached hydrogen (secondary N) is 1. The van der Waals surface area contributed by atoms with Crippen molar-refractivity contribution in [3.05, 3.63) is 29.8 Å². The molecule has 0 aliphatic rings. The van der Waals surface area contributed by atoms with Gasteiger partial charge in [-0.3, -0.25) is 4.79 Å². The third kappa shape index (κ3) is 4.26. The van der Waals surface area contributed by atoms with Crippen LogP contribution in [-0.4, -0.2) is 35.7 Å². The fourth-order valence-electron chi connectivity index (χ4n) is 1.47. The zero-order chi connectivity index (χ0) is 14.4. The predicted octanol–water partition coefficient (Wildman–Crippen LogP) is -0.686. The highest BCUT2D eigenvalue weighted by Crippen LogP contribution is 2.12. The Morgan fingerprint density at radius 3 is 2.37 bits per heavy atom. The third-order valence-electron chi connectivity index (χ3n) is 2.45. The lowest BCUT2D eigenvalue weighted by atomic mass is 10.1. The van der Waals surface area contributed by atoms with Crippen LogP contribution in [0.1, 0.15) is 24.2 Å². The molecule has 0 fully saturated rings. The fraction of sp³-hybridized carbons (Fsp3) is 0.385. The molecule has 0 radical (unpaired) electrons. The zero-order valence-electron chi connectivity index (χ0n) is 10.8. The summed E-state index contributed by atoms with van der Waals surface area (Å²) >= 11 is 0. The van der Waals surface area contributed by atoms with Crippen LogP contribution in [0.2, 0.25) is 0 Å². The molecule has 0 aliphatic carbocycles. The van der Waals surface area contributed by atoms with Crippen LogP contribution in [0, 0.1) is 0 Å². The summed E-state index contributed by atoms with van der Waals surface area (Å²) in [7, 11) is 0. The lowest BCUT2D eigenvalue weighted by Crippen LogP contribution is -2.53. The molecule has 6 nitrogen and oxygen atoms in total. The summed E-state index contributed by atoms with van der Waals surface area (Å²) < 4.78 is 5.22. The van der Waals surface area contributed by atoms with Gasteiger partial charge < -0.3 is 25.1 Å². The summed E-state index contributed by atoms with van der Waals surface area (Å²) in [4.78, 5) is 22.5. The molecule has 19 heavy (non-hydrogen) atoms. The first-order chi connectivity index (χ1) is 8.95. The fourth-order valence-corrected chi connectivity index (χ4v) is 1.47. The molecule has 6 heteroatoms. The second kappa shape index (κ2) is 6.75. The molecule has 0 unspecified atom stereocenters. The van der Waals surface area contributed by atoms with Crippen LogP contribution in [0.5, 0.6) is 5.75 Å². The summed E-state index contributed by atoms with van der Waals surface area (Å²) in [5.74, 6) is -1.52. The maximum absolute atomic E-state index is 11.8. The number of carboxylic acid groups (broad SMARTS) is 1. The van der Waals surface area contributed by atoms with Gasteiger partial charge in [0.2, 0.25) is 0 Å². The Hall–Kier alpha value is -2.08. The summed E-state index contributed by atoms with van der Waals surface area (Å²) in [6, 6.07) is 4.78. The number of amides is 1. The molecule has 1 aromatic rings. The number of aliphatic hydroxyl groups excluding tert-OH is 1.